The fourth-order valence-corrected chi connectivity index (χ4v) is 1.33. The van der Waals surface area contributed by atoms with E-state index in [1.54, 1.807) is 0 Å². The van der Waals surface area contributed by atoms with Crippen LogP contribution in [0.5, 0.6) is 0 Å². The number of nitrogens with one attached hydrogen (secondary N) is 2. The van der Waals surface area contributed by atoms with E-state index in [9.17, 15) is 14.0 Å². The number of hydrogen-bond acceptors (Lipinski definition) is 2. The second-order valence-electron chi connectivity index (χ2n) is 3.66. The van der Waals surface area contributed by atoms with Gasteiger partial charge >= 0.3 is 6.09 Å². The van der Waals surface area contributed by atoms with E-state index in [1.165, 1.54) is 31.2 Å². The highest BCUT2D eigenvalue weighted by Crippen LogP contribution is 2.12. The standard InChI is InChI=1S/C13H13FN2O3/c1-9(17)16-12(3-2-8-15-13(18)19)10-4-6-11(14)7-5-10/h4-7,12,15H,8H2,1H3,(H,16,17)(H,18,19). The van der Waals surface area contributed by atoms with Crippen LogP contribution in [0.15, 0.2) is 24.3 Å². The molecular formula is C13H13FN2O3. The van der Waals surface area contributed by atoms with Crippen LogP contribution < -0.4 is 10.6 Å². The molecule has 1 aromatic rings. The Morgan fingerprint density at radius 3 is 2.53 bits per heavy atom. The molecule has 0 aromatic heterocycles. The smallest absolute Gasteiger partial charge is 0.405 e. The number of rotatable bonds is 3. The Hall–Kier alpha value is -2.55. The third kappa shape index (κ3) is 5.55. The van der Waals surface area contributed by atoms with Crippen molar-refractivity contribution in [1.82, 2.24) is 10.6 Å². The summed E-state index contributed by atoms with van der Waals surface area (Å²) in [5, 5.41) is 13.1. The van der Waals surface area contributed by atoms with Crippen molar-refractivity contribution < 1.29 is 19.1 Å². The minimum Gasteiger partial charge on any atom is -0.465 e. The molecule has 0 bridgehead atoms. The topological polar surface area (TPSA) is 78.4 Å². The first-order valence-electron chi connectivity index (χ1n) is 5.47. The normalized spacial score (nSPS) is 10.8. The Morgan fingerprint density at radius 1 is 1.37 bits per heavy atom. The maximum atomic E-state index is 12.8. The summed E-state index contributed by atoms with van der Waals surface area (Å²) in [7, 11) is 0. The van der Waals surface area contributed by atoms with Crippen LogP contribution in [0, 0.1) is 17.7 Å². The van der Waals surface area contributed by atoms with Crippen molar-refractivity contribution in [3.63, 3.8) is 0 Å². The van der Waals surface area contributed by atoms with Gasteiger partial charge in [0.05, 0.1) is 6.54 Å². The van der Waals surface area contributed by atoms with Gasteiger partial charge < -0.3 is 15.7 Å². The van der Waals surface area contributed by atoms with Crippen LogP contribution in [0.3, 0.4) is 0 Å². The lowest BCUT2D eigenvalue weighted by atomic mass is 10.1. The van der Waals surface area contributed by atoms with E-state index in [2.05, 4.69) is 22.5 Å². The Bertz CT molecular complexity index is 517. The molecule has 6 heteroatoms. The molecular weight excluding hydrogens is 251 g/mol. The lowest BCUT2D eigenvalue weighted by molar-refractivity contribution is -0.119. The fraction of sp³-hybridized carbons (Fsp3) is 0.231. The zero-order chi connectivity index (χ0) is 14.3. The molecule has 3 N–H and O–H groups in total. The monoisotopic (exact) mass is 264 g/mol. The van der Waals surface area contributed by atoms with Crippen molar-refractivity contribution >= 4 is 12.0 Å². The molecule has 0 radical (unpaired) electrons. The van der Waals surface area contributed by atoms with E-state index in [4.69, 9.17) is 5.11 Å². The summed E-state index contributed by atoms with van der Waals surface area (Å²) in [5.41, 5.74) is 0.624. The first kappa shape index (κ1) is 14.5. The molecule has 0 saturated carbocycles. The highest BCUT2D eigenvalue weighted by Gasteiger charge is 2.09. The molecule has 0 aliphatic rings. The van der Waals surface area contributed by atoms with Gasteiger partial charge in [-0.3, -0.25) is 4.79 Å². The lowest BCUT2D eigenvalue weighted by Gasteiger charge is -2.11. The van der Waals surface area contributed by atoms with Gasteiger partial charge in [-0.2, -0.15) is 0 Å². The van der Waals surface area contributed by atoms with Crippen LogP contribution in [0.2, 0.25) is 0 Å². The van der Waals surface area contributed by atoms with Crippen molar-refractivity contribution in [2.75, 3.05) is 6.54 Å². The lowest BCUT2D eigenvalue weighted by Crippen LogP contribution is -2.25. The molecule has 2 amide bonds. The Labute approximate surface area is 109 Å². The second-order valence-corrected chi connectivity index (χ2v) is 3.66. The molecule has 19 heavy (non-hydrogen) atoms. The maximum absolute atomic E-state index is 12.8. The van der Waals surface area contributed by atoms with Crippen LogP contribution in [0.1, 0.15) is 18.5 Å². The van der Waals surface area contributed by atoms with E-state index < -0.39 is 12.1 Å². The Balaban J connectivity index is 2.79. The van der Waals surface area contributed by atoms with Gasteiger partial charge in [-0.15, -0.1) is 0 Å². The summed E-state index contributed by atoms with van der Waals surface area (Å²) in [6, 6.07) is 4.95. The molecule has 0 spiro atoms. The first-order chi connectivity index (χ1) is 8.99. The van der Waals surface area contributed by atoms with Crippen LogP contribution >= 0.6 is 0 Å². The van der Waals surface area contributed by atoms with Crippen LogP contribution in [0.4, 0.5) is 9.18 Å². The highest BCUT2D eigenvalue weighted by atomic mass is 19.1. The van der Waals surface area contributed by atoms with E-state index in [-0.39, 0.29) is 18.3 Å². The van der Waals surface area contributed by atoms with Crippen molar-refractivity contribution in [3.8, 4) is 11.8 Å². The van der Waals surface area contributed by atoms with Gasteiger partial charge in [-0.05, 0) is 17.7 Å². The quantitative estimate of drug-likeness (QED) is 0.719. The minimum atomic E-state index is -1.17. The molecule has 1 unspecified atom stereocenters. The molecule has 5 nitrogen and oxygen atoms in total. The largest absolute Gasteiger partial charge is 0.465 e. The van der Waals surface area contributed by atoms with E-state index in [0.29, 0.717) is 5.56 Å². The van der Waals surface area contributed by atoms with Gasteiger partial charge in [0.25, 0.3) is 0 Å². The van der Waals surface area contributed by atoms with Crippen molar-refractivity contribution in [3.05, 3.63) is 35.6 Å². The molecule has 0 aliphatic heterocycles. The number of halogens is 1. The summed E-state index contributed by atoms with van der Waals surface area (Å²) < 4.78 is 12.8. The van der Waals surface area contributed by atoms with E-state index in [1.807, 2.05) is 0 Å². The Kier molecular flexibility index (Phi) is 5.35. The molecule has 100 valence electrons. The minimum absolute atomic E-state index is 0.0490. The number of carbonyl (C=O) groups is 2. The van der Waals surface area contributed by atoms with Gasteiger partial charge in [0.2, 0.25) is 5.91 Å². The van der Waals surface area contributed by atoms with Gasteiger partial charge in [0.1, 0.15) is 11.9 Å². The zero-order valence-electron chi connectivity index (χ0n) is 10.2. The number of carbonyl (C=O) groups excluding carboxylic acids is 1. The summed E-state index contributed by atoms with van der Waals surface area (Å²) in [6.45, 7) is 1.29. The van der Waals surface area contributed by atoms with Gasteiger partial charge in [-0.25, -0.2) is 9.18 Å². The number of benzene rings is 1. The Morgan fingerprint density at radius 2 is 2.00 bits per heavy atom. The third-order valence-corrected chi connectivity index (χ3v) is 2.13. The maximum Gasteiger partial charge on any atom is 0.405 e. The number of amides is 2. The average molecular weight is 264 g/mol. The van der Waals surface area contributed by atoms with Gasteiger partial charge in [-0.1, -0.05) is 24.0 Å². The predicted molar refractivity (Wildman–Crippen MR) is 66.8 cm³/mol. The summed E-state index contributed by atoms with van der Waals surface area (Å²) in [5.74, 6) is 4.63. The SMILES string of the molecule is CC(=O)NC(C#CCNC(=O)O)c1ccc(F)cc1. The fourth-order valence-electron chi connectivity index (χ4n) is 1.33. The first-order valence-corrected chi connectivity index (χ1v) is 5.47. The van der Waals surface area contributed by atoms with Gasteiger partial charge in [0.15, 0.2) is 0 Å². The van der Waals surface area contributed by atoms with Crippen molar-refractivity contribution in [1.29, 1.82) is 0 Å². The molecule has 1 atom stereocenters. The van der Waals surface area contributed by atoms with Crippen LogP contribution in [-0.4, -0.2) is 23.7 Å². The average Bonchev–Trinajstić information content (AvgIpc) is 2.33. The highest BCUT2D eigenvalue weighted by molar-refractivity contribution is 5.74. The van der Waals surface area contributed by atoms with Crippen LogP contribution in [-0.2, 0) is 4.79 Å². The molecule has 0 aliphatic carbocycles. The predicted octanol–water partition coefficient (Wildman–Crippen LogP) is 1.27. The molecule has 1 rings (SSSR count). The summed E-state index contributed by atoms with van der Waals surface area (Å²) >= 11 is 0. The second kappa shape index (κ2) is 7.01. The summed E-state index contributed by atoms with van der Waals surface area (Å²) in [4.78, 5) is 21.3. The molecule has 0 heterocycles. The molecule has 0 saturated heterocycles. The summed E-state index contributed by atoms with van der Waals surface area (Å²) in [6.07, 6.45) is -1.17. The van der Waals surface area contributed by atoms with Crippen molar-refractivity contribution in [2.45, 2.75) is 13.0 Å². The van der Waals surface area contributed by atoms with Crippen LogP contribution in [0.25, 0.3) is 0 Å². The number of carboxylic acid groups (broad SMARTS) is 1. The molecule has 1 aromatic carbocycles. The van der Waals surface area contributed by atoms with Gasteiger partial charge in [0, 0.05) is 6.92 Å². The third-order valence-electron chi connectivity index (χ3n) is 2.13. The van der Waals surface area contributed by atoms with E-state index in [0.717, 1.165) is 0 Å². The van der Waals surface area contributed by atoms with E-state index >= 15 is 0 Å². The molecule has 0 fully saturated rings. The number of hydrogen-bond donors (Lipinski definition) is 3. The van der Waals surface area contributed by atoms with Crippen molar-refractivity contribution in [2.24, 2.45) is 0 Å². The zero-order valence-corrected chi connectivity index (χ0v) is 10.2.